The maximum Gasteiger partial charge on any atom is 0.0353 e. The highest BCUT2D eigenvalue weighted by molar-refractivity contribution is 5.14. The Balaban J connectivity index is 1.56. The highest BCUT2D eigenvalue weighted by atomic mass is 15.5. The van der Waals surface area contributed by atoms with Gasteiger partial charge >= 0.3 is 0 Å². The first-order chi connectivity index (χ1) is 7.92. The van der Waals surface area contributed by atoms with Crippen molar-refractivity contribution >= 4 is 0 Å². The van der Waals surface area contributed by atoms with Gasteiger partial charge in [0.25, 0.3) is 0 Å². The van der Waals surface area contributed by atoms with Crippen LogP contribution in [-0.4, -0.2) is 17.6 Å². The van der Waals surface area contributed by atoms with E-state index in [2.05, 4.69) is 40.8 Å². The van der Waals surface area contributed by atoms with Gasteiger partial charge in [0.1, 0.15) is 0 Å². The number of hydrazine groups is 1. The summed E-state index contributed by atoms with van der Waals surface area (Å²) in [6, 6.07) is 11.5. The predicted molar refractivity (Wildman–Crippen MR) is 65.7 cm³/mol. The summed E-state index contributed by atoms with van der Waals surface area (Å²) in [5.41, 5.74) is 4.98. The Morgan fingerprint density at radius 2 is 1.81 bits per heavy atom. The van der Waals surface area contributed by atoms with Gasteiger partial charge in [0.15, 0.2) is 0 Å². The average molecular weight is 216 g/mol. The minimum atomic E-state index is 0.800. The summed E-state index contributed by atoms with van der Waals surface area (Å²) in [5.74, 6) is 0.952. The number of hydrogen-bond donors (Lipinski definition) is 1. The molecule has 0 atom stereocenters. The van der Waals surface area contributed by atoms with E-state index in [-0.39, 0.29) is 0 Å². The van der Waals surface area contributed by atoms with Gasteiger partial charge in [0, 0.05) is 19.1 Å². The van der Waals surface area contributed by atoms with E-state index in [0.29, 0.717) is 0 Å². The molecule has 2 nitrogen and oxygen atoms in total. The zero-order valence-electron chi connectivity index (χ0n) is 9.73. The first-order valence-electron chi connectivity index (χ1n) is 6.46. The molecule has 4 rings (SSSR count). The van der Waals surface area contributed by atoms with Gasteiger partial charge in [-0.2, -0.15) is 0 Å². The molecule has 2 heteroatoms. The number of rotatable bonds is 3. The fourth-order valence-electron chi connectivity index (χ4n) is 3.05. The van der Waals surface area contributed by atoms with Crippen molar-refractivity contribution in [2.45, 2.75) is 38.3 Å². The van der Waals surface area contributed by atoms with Crippen molar-refractivity contribution < 1.29 is 0 Å². The van der Waals surface area contributed by atoms with Gasteiger partial charge in [-0.05, 0) is 37.2 Å². The van der Waals surface area contributed by atoms with Gasteiger partial charge in [-0.3, -0.25) is 5.43 Å². The third-order valence-corrected chi connectivity index (χ3v) is 4.04. The van der Waals surface area contributed by atoms with E-state index >= 15 is 0 Å². The minimum absolute atomic E-state index is 0.800. The standard InChI is InChI=1S/C14H20N2/c1-2-4-12(5-3-1)10-15-16-11-13-6-8-14(16)9-7-13/h1-5,13-15H,6-11H2. The molecule has 2 bridgehead atoms. The molecule has 2 saturated heterocycles. The van der Waals surface area contributed by atoms with E-state index in [1.54, 1.807) is 0 Å². The van der Waals surface area contributed by atoms with Crippen LogP contribution in [0.15, 0.2) is 30.3 Å². The molecule has 3 aliphatic rings. The monoisotopic (exact) mass is 216 g/mol. The van der Waals surface area contributed by atoms with E-state index in [1.165, 1.54) is 37.8 Å². The second-order valence-electron chi connectivity index (χ2n) is 5.15. The Morgan fingerprint density at radius 1 is 1.06 bits per heavy atom. The van der Waals surface area contributed by atoms with Gasteiger partial charge in [-0.1, -0.05) is 30.3 Å². The lowest BCUT2D eigenvalue weighted by molar-refractivity contribution is 0.00417. The highest BCUT2D eigenvalue weighted by Gasteiger charge is 2.33. The van der Waals surface area contributed by atoms with Crippen molar-refractivity contribution in [3.8, 4) is 0 Å². The van der Waals surface area contributed by atoms with Crippen LogP contribution in [0.3, 0.4) is 0 Å². The summed E-state index contributed by atoms with van der Waals surface area (Å²) < 4.78 is 0. The Labute approximate surface area is 97.6 Å². The van der Waals surface area contributed by atoms with Crippen LogP contribution < -0.4 is 5.43 Å². The molecule has 0 spiro atoms. The van der Waals surface area contributed by atoms with Crippen LogP contribution in [0.25, 0.3) is 0 Å². The molecular weight excluding hydrogens is 196 g/mol. The molecule has 0 radical (unpaired) electrons. The predicted octanol–water partition coefficient (Wildman–Crippen LogP) is 2.57. The van der Waals surface area contributed by atoms with E-state index in [0.717, 1.165) is 18.5 Å². The molecule has 1 aromatic carbocycles. The van der Waals surface area contributed by atoms with Gasteiger partial charge in [0.05, 0.1) is 0 Å². The smallest absolute Gasteiger partial charge is 0.0353 e. The fraction of sp³-hybridized carbons (Fsp3) is 0.571. The lowest BCUT2D eigenvalue weighted by atomic mass is 9.81. The Kier molecular flexibility index (Phi) is 2.94. The Hall–Kier alpha value is -0.860. The van der Waals surface area contributed by atoms with E-state index in [1.807, 2.05) is 0 Å². The average Bonchev–Trinajstić information content (AvgIpc) is 2.39. The number of hydrogen-bond acceptors (Lipinski definition) is 2. The van der Waals surface area contributed by atoms with Gasteiger partial charge < -0.3 is 0 Å². The number of nitrogens with one attached hydrogen (secondary N) is 1. The zero-order chi connectivity index (χ0) is 10.8. The summed E-state index contributed by atoms with van der Waals surface area (Å²) in [7, 11) is 0. The molecule has 0 amide bonds. The molecule has 2 aliphatic heterocycles. The zero-order valence-corrected chi connectivity index (χ0v) is 9.73. The molecule has 86 valence electrons. The quantitative estimate of drug-likeness (QED) is 0.835. The van der Waals surface area contributed by atoms with Crippen LogP contribution in [0.4, 0.5) is 0 Å². The first kappa shape index (κ1) is 10.3. The van der Waals surface area contributed by atoms with Crippen LogP contribution >= 0.6 is 0 Å². The van der Waals surface area contributed by atoms with Crippen molar-refractivity contribution in [3.05, 3.63) is 35.9 Å². The number of benzene rings is 1. The second kappa shape index (κ2) is 4.56. The van der Waals surface area contributed by atoms with E-state index < -0.39 is 0 Å². The Bertz CT molecular complexity index is 328. The molecular formula is C14H20N2. The molecule has 1 aliphatic carbocycles. The molecule has 3 fully saturated rings. The summed E-state index contributed by atoms with van der Waals surface area (Å²) in [4.78, 5) is 0. The summed E-state index contributed by atoms with van der Waals surface area (Å²) in [5, 5.41) is 2.49. The van der Waals surface area contributed by atoms with Gasteiger partial charge in [0.2, 0.25) is 0 Å². The number of fused-ring (bicyclic) bond motifs is 3. The number of piperidine rings is 2. The lowest BCUT2D eigenvalue weighted by Gasteiger charge is -2.45. The number of nitrogens with zero attached hydrogens (tertiary/aromatic N) is 1. The molecule has 0 unspecified atom stereocenters. The van der Waals surface area contributed by atoms with Crippen LogP contribution in [0.2, 0.25) is 0 Å². The topological polar surface area (TPSA) is 15.3 Å². The minimum Gasteiger partial charge on any atom is -0.251 e. The van der Waals surface area contributed by atoms with Crippen LogP contribution in [0.1, 0.15) is 31.2 Å². The summed E-state index contributed by atoms with van der Waals surface area (Å²) in [6.45, 7) is 2.24. The maximum absolute atomic E-state index is 3.60. The highest BCUT2D eigenvalue weighted by Crippen LogP contribution is 2.33. The van der Waals surface area contributed by atoms with Crippen LogP contribution in [0.5, 0.6) is 0 Å². The molecule has 16 heavy (non-hydrogen) atoms. The molecule has 1 aromatic rings. The molecule has 2 heterocycles. The van der Waals surface area contributed by atoms with Crippen molar-refractivity contribution in [1.29, 1.82) is 0 Å². The molecule has 1 N–H and O–H groups in total. The van der Waals surface area contributed by atoms with Gasteiger partial charge in [-0.25, -0.2) is 5.01 Å². The normalized spacial score (nSPS) is 29.5. The maximum atomic E-state index is 3.60. The SMILES string of the molecule is c1ccc(CNN2CC3CCC2CC3)cc1. The van der Waals surface area contributed by atoms with Crippen molar-refractivity contribution in [1.82, 2.24) is 10.4 Å². The summed E-state index contributed by atoms with van der Waals surface area (Å²) >= 11 is 0. The van der Waals surface area contributed by atoms with Gasteiger partial charge in [-0.15, -0.1) is 0 Å². The molecule has 1 saturated carbocycles. The van der Waals surface area contributed by atoms with E-state index in [4.69, 9.17) is 0 Å². The lowest BCUT2D eigenvalue weighted by Crippen LogP contribution is -2.54. The van der Waals surface area contributed by atoms with Crippen LogP contribution in [-0.2, 0) is 6.54 Å². The fourth-order valence-corrected chi connectivity index (χ4v) is 3.05. The van der Waals surface area contributed by atoms with Crippen molar-refractivity contribution in [2.75, 3.05) is 6.54 Å². The second-order valence-corrected chi connectivity index (χ2v) is 5.15. The molecule has 0 aromatic heterocycles. The Morgan fingerprint density at radius 3 is 2.44 bits per heavy atom. The van der Waals surface area contributed by atoms with Crippen molar-refractivity contribution in [3.63, 3.8) is 0 Å². The largest absolute Gasteiger partial charge is 0.251 e. The van der Waals surface area contributed by atoms with Crippen LogP contribution in [0, 0.1) is 5.92 Å². The first-order valence-corrected chi connectivity index (χ1v) is 6.46. The third kappa shape index (κ3) is 2.13. The summed E-state index contributed by atoms with van der Waals surface area (Å²) in [6.07, 6.45) is 5.70. The van der Waals surface area contributed by atoms with E-state index in [9.17, 15) is 0 Å². The van der Waals surface area contributed by atoms with Crippen molar-refractivity contribution in [2.24, 2.45) is 5.92 Å². The third-order valence-electron chi connectivity index (χ3n) is 4.04.